The average molecular weight is 295 g/mol. The lowest BCUT2D eigenvalue weighted by molar-refractivity contribution is -0.135. The molecule has 1 N–H and O–H groups in total. The monoisotopic (exact) mass is 295 g/mol. The van der Waals surface area contributed by atoms with E-state index in [9.17, 15) is 9.90 Å². The molecule has 114 valence electrons. The van der Waals surface area contributed by atoms with E-state index in [0.29, 0.717) is 0 Å². The summed E-state index contributed by atoms with van der Waals surface area (Å²) in [6.45, 7) is 1.91. The molecule has 22 heavy (non-hydrogen) atoms. The molecule has 0 bridgehead atoms. The number of likely N-dealkylation sites (tertiary alicyclic amines) is 1. The van der Waals surface area contributed by atoms with E-state index in [1.807, 2.05) is 60.4 Å². The molecule has 0 radical (unpaired) electrons. The van der Waals surface area contributed by atoms with Crippen molar-refractivity contribution in [1.29, 1.82) is 0 Å². The van der Waals surface area contributed by atoms with Gasteiger partial charge < -0.3 is 10.0 Å². The van der Waals surface area contributed by atoms with E-state index in [0.717, 1.165) is 17.5 Å². The van der Waals surface area contributed by atoms with Crippen molar-refractivity contribution >= 4 is 5.91 Å². The number of nitrogens with zero attached hydrogens (tertiary/aromatic N) is 1. The van der Waals surface area contributed by atoms with Gasteiger partial charge in [0.25, 0.3) is 0 Å². The molecule has 1 fully saturated rings. The number of benzene rings is 2. The summed E-state index contributed by atoms with van der Waals surface area (Å²) in [5.41, 5.74) is 2.11. The van der Waals surface area contributed by atoms with Crippen LogP contribution in [-0.2, 0) is 4.79 Å². The summed E-state index contributed by atoms with van der Waals surface area (Å²) in [4.78, 5) is 14.5. The van der Waals surface area contributed by atoms with E-state index in [-0.39, 0.29) is 30.5 Å². The fourth-order valence-electron chi connectivity index (χ4n) is 3.33. The summed E-state index contributed by atoms with van der Waals surface area (Å²) in [7, 11) is 0. The van der Waals surface area contributed by atoms with Gasteiger partial charge in [-0.2, -0.15) is 0 Å². The van der Waals surface area contributed by atoms with Crippen molar-refractivity contribution in [2.45, 2.75) is 25.4 Å². The number of carbonyl (C=O) groups is 1. The van der Waals surface area contributed by atoms with Gasteiger partial charge in [0.1, 0.15) is 0 Å². The highest BCUT2D eigenvalue weighted by Crippen LogP contribution is 2.41. The minimum absolute atomic E-state index is 0.0111. The Morgan fingerprint density at radius 2 is 1.68 bits per heavy atom. The second-order valence-corrected chi connectivity index (χ2v) is 5.92. The molecular weight excluding hydrogens is 274 g/mol. The Balaban J connectivity index is 1.99. The third kappa shape index (κ3) is 2.64. The summed E-state index contributed by atoms with van der Waals surface area (Å²) in [6, 6.07) is 19.6. The summed E-state index contributed by atoms with van der Waals surface area (Å²) in [5.74, 6) is 0.111. The Labute approximate surface area is 131 Å². The molecule has 1 heterocycles. The van der Waals surface area contributed by atoms with Crippen molar-refractivity contribution in [3.8, 4) is 0 Å². The SMILES string of the molecule is CC1C[C@H](c2ccccc2)N([C@@H](CO)c2ccccc2)C1=O. The van der Waals surface area contributed by atoms with Crippen LogP contribution < -0.4 is 0 Å². The molecule has 0 aromatic heterocycles. The molecule has 1 aliphatic heterocycles. The number of carbonyl (C=O) groups excluding carboxylic acids is 1. The van der Waals surface area contributed by atoms with Crippen LogP contribution in [0, 0.1) is 5.92 Å². The van der Waals surface area contributed by atoms with Gasteiger partial charge in [-0.1, -0.05) is 67.6 Å². The van der Waals surface area contributed by atoms with Crippen LogP contribution in [0.1, 0.15) is 36.6 Å². The topological polar surface area (TPSA) is 40.5 Å². The van der Waals surface area contributed by atoms with E-state index in [2.05, 4.69) is 12.1 Å². The molecule has 3 heteroatoms. The first-order chi connectivity index (χ1) is 10.7. The van der Waals surface area contributed by atoms with Crippen LogP contribution >= 0.6 is 0 Å². The normalized spacial score (nSPS) is 22.8. The lowest BCUT2D eigenvalue weighted by atomic mass is 9.99. The molecule has 3 rings (SSSR count). The molecule has 3 atom stereocenters. The Bertz CT molecular complexity index is 585. The van der Waals surface area contributed by atoms with Crippen LogP contribution in [0.4, 0.5) is 0 Å². The van der Waals surface area contributed by atoms with Gasteiger partial charge in [0.05, 0.1) is 18.7 Å². The number of hydrogen-bond acceptors (Lipinski definition) is 2. The molecule has 1 unspecified atom stereocenters. The van der Waals surface area contributed by atoms with E-state index in [1.54, 1.807) is 0 Å². The second-order valence-electron chi connectivity index (χ2n) is 5.92. The molecule has 1 saturated heterocycles. The predicted molar refractivity (Wildman–Crippen MR) is 86.1 cm³/mol. The van der Waals surface area contributed by atoms with Crippen molar-refractivity contribution in [2.24, 2.45) is 5.92 Å². The van der Waals surface area contributed by atoms with Gasteiger partial charge in [0.15, 0.2) is 0 Å². The van der Waals surface area contributed by atoms with Gasteiger partial charge in [0, 0.05) is 5.92 Å². The van der Waals surface area contributed by atoms with E-state index < -0.39 is 0 Å². The minimum Gasteiger partial charge on any atom is -0.394 e. The minimum atomic E-state index is -0.288. The standard InChI is InChI=1S/C19H21NO2/c1-14-12-17(15-8-4-2-5-9-15)20(19(14)22)18(13-21)16-10-6-3-7-11-16/h2-11,14,17-18,21H,12-13H2,1H3/t14?,17-,18+/m1/s1. The van der Waals surface area contributed by atoms with Crippen LogP contribution in [0.5, 0.6) is 0 Å². The van der Waals surface area contributed by atoms with Crippen LogP contribution in [-0.4, -0.2) is 22.5 Å². The third-order valence-electron chi connectivity index (χ3n) is 4.47. The van der Waals surface area contributed by atoms with Crippen LogP contribution in [0.2, 0.25) is 0 Å². The zero-order valence-electron chi connectivity index (χ0n) is 12.7. The molecule has 2 aromatic rings. The van der Waals surface area contributed by atoms with Gasteiger partial charge in [-0.25, -0.2) is 0 Å². The largest absolute Gasteiger partial charge is 0.394 e. The molecule has 1 amide bonds. The maximum atomic E-state index is 12.7. The van der Waals surface area contributed by atoms with Gasteiger partial charge in [0.2, 0.25) is 5.91 Å². The molecule has 2 aromatic carbocycles. The summed E-state index contributed by atoms with van der Waals surface area (Å²) < 4.78 is 0. The first-order valence-corrected chi connectivity index (χ1v) is 7.75. The highest BCUT2D eigenvalue weighted by atomic mass is 16.3. The zero-order valence-corrected chi connectivity index (χ0v) is 12.7. The fraction of sp³-hybridized carbons (Fsp3) is 0.316. The number of hydrogen-bond donors (Lipinski definition) is 1. The predicted octanol–water partition coefficient (Wildman–Crippen LogP) is 3.33. The van der Waals surface area contributed by atoms with E-state index in [1.165, 1.54) is 0 Å². The Morgan fingerprint density at radius 3 is 2.27 bits per heavy atom. The van der Waals surface area contributed by atoms with Crippen molar-refractivity contribution in [1.82, 2.24) is 4.90 Å². The van der Waals surface area contributed by atoms with Gasteiger partial charge >= 0.3 is 0 Å². The first-order valence-electron chi connectivity index (χ1n) is 7.75. The van der Waals surface area contributed by atoms with Crippen molar-refractivity contribution in [3.63, 3.8) is 0 Å². The first kappa shape index (κ1) is 14.8. The third-order valence-corrected chi connectivity index (χ3v) is 4.47. The summed E-state index contributed by atoms with van der Waals surface area (Å²) in [5, 5.41) is 9.91. The lowest BCUT2D eigenvalue weighted by Crippen LogP contribution is -2.35. The number of aliphatic hydroxyl groups is 1. The molecule has 0 saturated carbocycles. The van der Waals surface area contributed by atoms with Crippen LogP contribution in [0.15, 0.2) is 60.7 Å². The van der Waals surface area contributed by atoms with E-state index in [4.69, 9.17) is 0 Å². The highest BCUT2D eigenvalue weighted by Gasteiger charge is 2.41. The van der Waals surface area contributed by atoms with Crippen LogP contribution in [0.25, 0.3) is 0 Å². The lowest BCUT2D eigenvalue weighted by Gasteiger charge is -2.33. The maximum absolute atomic E-state index is 12.7. The van der Waals surface area contributed by atoms with Gasteiger partial charge in [-0.3, -0.25) is 4.79 Å². The van der Waals surface area contributed by atoms with Crippen molar-refractivity contribution < 1.29 is 9.90 Å². The molecular formula is C19H21NO2. The number of aliphatic hydroxyl groups excluding tert-OH is 1. The molecule has 3 nitrogen and oxygen atoms in total. The Hall–Kier alpha value is -2.13. The summed E-state index contributed by atoms with van der Waals surface area (Å²) >= 11 is 0. The fourth-order valence-corrected chi connectivity index (χ4v) is 3.33. The van der Waals surface area contributed by atoms with E-state index >= 15 is 0 Å². The molecule has 0 spiro atoms. The average Bonchev–Trinajstić information content (AvgIpc) is 2.86. The molecule has 1 aliphatic rings. The number of rotatable bonds is 4. The highest BCUT2D eigenvalue weighted by molar-refractivity contribution is 5.82. The maximum Gasteiger partial charge on any atom is 0.226 e. The van der Waals surface area contributed by atoms with Crippen molar-refractivity contribution in [2.75, 3.05) is 6.61 Å². The Kier molecular flexibility index (Phi) is 4.25. The van der Waals surface area contributed by atoms with Gasteiger partial charge in [-0.15, -0.1) is 0 Å². The zero-order chi connectivity index (χ0) is 15.5. The van der Waals surface area contributed by atoms with Crippen LogP contribution in [0.3, 0.4) is 0 Å². The Morgan fingerprint density at radius 1 is 1.09 bits per heavy atom. The number of amides is 1. The second kappa shape index (κ2) is 6.32. The van der Waals surface area contributed by atoms with Crippen molar-refractivity contribution in [3.05, 3.63) is 71.8 Å². The van der Waals surface area contributed by atoms with Gasteiger partial charge in [-0.05, 0) is 17.5 Å². The smallest absolute Gasteiger partial charge is 0.226 e. The summed E-state index contributed by atoms with van der Waals surface area (Å²) in [6.07, 6.45) is 0.798. The quantitative estimate of drug-likeness (QED) is 0.940. The molecule has 0 aliphatic carbocycles.